The molecule has 13 heteroatoms. The van der Waals surface area contributed by atoms with E-state index in [2.05, 4.69) is 63.7 Å². The first-order valence-corrected chi connectivity index (χ1v) is 13.0. The van der Waals surface area contributed by atoms with Crippen LogP contribution in [-0.4, -0.2) is 65.1 Å². The van der Waals surface area contributed by atoms with Gasteiger partial charge in [-0.15, -0.1) is 0 Å². The molecule has 160 valence electrons. The third-order valence-corrected chi connectivity index (χ3v) is 8.94. The monoisotopic (exact) mass is 794 g/mol. The molecular formula is C20H4Br4Cl4Na2O3. The summed E-state index contributed by atoms with van der Waals surface area (Å²) in [6, 6.07) is 7.25. The summed E-state index contributed by atoms with van der Waals surface area (Å²) in [5.74, 6) is 0.238. The van der Waals surface area contributed by atoms with Crippen molar-refractivity contribution in [3.63, 3.8) is 0 Å². The van der Waals surface area contributed by atoms with Crippen LogP contribution in [0.25, 0.3) is 0 Å². The Morgan fingerprint density at radius 1 is 0.697 bits per heavy atom. The van der Waals surface area contributed by atoms with Gasteiger partial charge >= 0.3 is 5.97 Å². The predicted molar refractivity (Wildman–Crippen MR) is 147 cm³/mol. The Labute approximate surface area is 286 Å². The van der Waals surface area contributed by atoms with Crippen LogP contribution in [0.3, 0.4) is 0 Å². The zero-order chi connectivity index (χ0) is 22.4. The van der Waals surface area contributed by atoms with Crippen LogP contribution in [0.2, 0.25) is 20.1 Å². The maximum absolute atomic E-state index is 13.2. The van der Waals surface area contributed by atoms with Gasteiger partial charge in [0.1, 0.15) is 11.5 Å². The van der Waals surface area contributed by atoms with Crippen LogP contribution < -0.4 is 4.74 Å². The van der Waals surface area contributed by atoms with Crippen LogP contribution in [0.1, 0.15) is 27.0 Å². The van der Waals surface area contributed by atoms with Crippen LogP contribution in [0.15, 0.2) is 42.2 Å². The van der Waals surface area contributed by atoms with Gasteiger partial charge in [-0.2, -0.15) is 0 Å². The number of hydrogen-bond donors (Lipinski definition) is 0. The molecule has 0 aliphatic carbocycles. The number of fused-ring (bicyclic) bond motifs is 6. The first-order valence-electron chi connectivity index (χ1n) is 8.34. The molecule has 0 unspecified atom stereocenters. The van der Waals surface area contributed by atoms with Gasteiger partial charge < -0.3 is 9.47 Å². The van der Waals surface area contributed by atoms with E-state index in [1.165, 1.54) is 0 Å². The largest absolute Gasteiger partial charge is 0.454 e. The van der Waals surface area contributed by atoms with Crippen molar-refractivity contribution in [2.24, 2.45) is 0 Å². The molecule has 0 amide bonds. The molecule has 3 nitrogen and oxygen atoms in total. The van der Waals surface area contributed by atoms with Crippen molar-refractivity contribution in [1.29, 1.82) is 0 Å². The molecule has 0 saturated carbocycles. The van der Waals surface area contributed by atoms with E-state index in [4.69, 9.17) is 55.9 Å². The van der Waals surface area contributed by atoms with Gasteiger partial charge in [-0.3, -0.25) is 0 Å². The van der Waals surface area contributed by atoms with Gasteiger partial charge in [0.2, 0.25) is 0 Å². The number of carbonyl (C=O) groups is 1. The summed E-state index contributed by atoms with van der Waals surface area (Å²) < 4.78 is 15.1. The Bertz CT molecular complexity index is 1310. The van der Waals surface area contributed by atoms with E-state index in [1.807, 2.05) is 12.1 Å². The molecule has 2 heterocycles. The topological polar surface area (TPSA) is 35.5 Å². The SMILES string of the molecule is O=C1OC2(c3cc(Br)cc(Br)c3Oc3c(Br)cc(Br)cc32)c2c(Cl)c(Cl)c(Cl)c(Cl)c21.[Na].[Na]. The normalized spacial score (nSPS) is 14.4. The number of carbonyl (C=O) groups excluding carboxylic acids is 1. The second-order valence-corrected chi connectivity index (χ2v) is 11.8. The Balaban J connectivity index is 0.00000153. The number of halogens is 8. The second-order valence-electron chi connectivity index (χ2n) is 6.71. The maximum atomic E-state index is 13.2. The van der Waals surface area contributed by atoms with Gasteiger partial charge in [-0.25, -0.2) is 4.79 Å². The number of hydrogen-bond acceptors (Lipinski definition) is 3. The molecule has 33 heavy (non-hydrogen) atoms. The summed E-state index contributed by atoms with van der Waals surface area (Å²) in [6.07, 6.45) is 0. The number of benzene rings is 3. The van der Waals surface area contributed by atoms with Crippen LogP contribution in [-0.2, 0) is 10.3 Å². The van der Waals surface area contributed by atoms with E-state index in [0.717, 1.165) is 8.95 Å². The molecule has 1 spiro atoms. The van der Waals surface area contributed by atoms with E-state index in [0.29, 0.717) is 37.1 Å². The second kappa shape index (κ2) is 10.6. The van der Waals surface area contributed by atoms with E-state index >= 15 is 0 Å². The molecule has 3 aromatic rings. The van der Waals surface area contributed by atoms with E-state index in [9.17, 15) is 4.79 Å². The van der Waals surface area contributed by atoms with Gasteiger partial charge in [-0.05, 0) is 56.1 Å². The van der Waals surface area contributed by atoms with Crippen molar-refractivity contribution >= 4 is 175 Å². The summed E-state index contributed by atoms with van der Waals surface area (Å²) in [5.41, 5.74) is -0.0427. The summed E-state index contributed by atoms with van der Waals surface area (Å²) in [6.45, 7) is 0. The molecule has 3 aromatic carbocycles. The molecule has 0 bridgehead atoms. The standard InChI is InChI=1S/C20H4Br4Cl4O3.2Na/c21-5-1-7-17(9(23)3-5)30-18-8(2-6(22)4-10(18)24)20(7)12-11(19(29)31-20)13(25)15(27)16(28)14(12)26;;/h1-4H;;. The van der Waals surface area contributed by atoms with Crippen molar-refractivity contribution in [2.75, 3.05) is 0 Å². The fourth-order valence-corrected chi connectivity index (χ4v) is 7.55. The Morgan fingerprint density at radius 2 is 1.15 bits per heavy atom. The Hall–Kier alpha value is 2.01. The van der Waals surface area contributed by atoms with E-state index < -0.39 is 11.6 Å². The zero-order valence-electron chi connectivity index (χ0n) is 16.6. The third-order valence-electron chi connectivity index (χ3n) is 5.05. The molecule has 2 radical (unpaired) electrons. The van der Waals surface area contributed by atoms with E-state index in [1.54, 1.807) is 12.1 Å². The minimum atomic E-state index is -1.48. The summed E-state index contributed by atoms with van der Waals surface area (Å²) in [7, 11) is 0. The van der Waals surface area contributed by atoms with Crippen LogP contribution in [0.4, 0.5) is 0 Å². The molecule has 5 rings (SSSR count). The van der Waals surface area contributed by atoms with Crippen molar-refractivity contribution in [3.8, 4) is 11.5 Å². The van der Waals surface area contributed by atoms with E-state index in [-0.39, 0.29) is 84.8 Å². The van der Waals surface area contributed by atoms with Crippen LogP contribution in [0.5, 0.6) is 11.5 Å². The molecule has 0 N–H and O–H groups in total. The smallest absolute Gasteiger partial charge is 0.341 e. The first kappa shape index (κ1) is 29.6. The van der Waals surface area contributed by atoms with Crippen LogP contribution >= 0.6 is 110 Å². The molecular weight excluding hydrogens is 796 g/mol. The minimum Gasteiger partial charge on any atom is -0.454 e. The van der Waals surface area contributed by atoms with Crippen LogP contribution in [0, 0.1) is 0 Å². The van der Waals surface area contributed by atoms with Crippen molar-refractivity contribution in [3.05, 3.63) is 84.5 Å². The quantitative estimate of drug-likeness (QED) is 0.0986. The van der Waals surface area contributed by atoms with Gasteiger partial charge in [0.25, 0.3) is 0 Å². The number of esters is 1. The number of rotatable bonds is 0. The fourth-order valence-electron chi connectivity index (χ4n) is 3.87. The fraction of sp³-hybridized carbons (Fsp3) is 0.0500. The predicted octanol–water partition coefficient (Wildman–Crippen LogP) is 9.16. The molecule has 0 atom stereocenters. The van der Waals surface area contributed by atoms with Gasteiger partial charge in [0.05, 0.1) is 34.6 Å². The molecule has 0 fully saturated rings. The molecule has 2 aliphatic rings. The van der Waals surface area contributed by atoms with Gasteiger partial charge in [0, 0.05) is 84.8 Å². The van der Waals surface area contributed by atoms with Gasteiger partial charge in [0.15, 0.2) is 5.60 Å². The minimum absolute atomic E-state index is 0. The third kappa shape index (κ3) is 4.40. The number of ether oxygens (including phenoxy) is 2. The zero-order valence-corrected chi connectivity index (χ0v) is 29.9. The molecule has 0 aromatic heterocycles. The Morgan fingerprint density at radius 3 is 1.64 bits per heavy atom. The Kier molecular flexibility index (Phi) is 9.53. The molecule has 2 aliphatic heterocycles. The average molecular weight is 800 g/mol. The first-order chi connectivity index (χ1) is 14.6. The molecule has 0 saturated heterocycles. The summed E-state index contributed by atoms with van der Waals surface area (Å²) in [5, 5.41) is 0.0653. The maximum Gasteiger partial charge on any atom is 0.341 e. The summed E-state index contributed by atoms with van der Waals surface area (Å²) in [4.78, 5) is 13.2. The average Bonchev–Trinajstić information content (AvgIpc) is 3.00. The summed E-state index contributed by atoms with van der Waals surface area (Å²) >= 11 is 39.9. The van der Waals surface area contributed by atoms with Crippen molar-refractivity contribution in [1.82, 2.24) is 0 Å². The van der Waals surface area contributed by atoms with Crippen molar-refractivity contribution < 1.29 is 14.3 Å². The van der Waals surface area contributed by atoms with Crippen molar-refractivity contribution in [2.45, 2.75) is 5.60 Å². The van der Waals surface area contributed by atoms with Gasteiger partial charge in [-0.1, -0.05) is 78.3 Å².